The van der Waals surface area contributed by atoms with Gasteiger partial charge in [-0.1, -0.05) is 229 Å². The molecule has 0 saturated carbocycles. The van der Waals surface area contributed by atoms with E-state index in [1.165, 1.54) is 43.8 Å². The SMILES string of the molecule is Cc1cc2ccccc2n1N(c1ccc(C(C)(C)C)cc1)c1cc(N(c2ccc(C(C)(C)C)cc2)n2c(C)cc3ccccc32)c2ccc3c(N(c4ccc(C(C)(C)C)cc4)n4c(C)cc5ccccc54)cc(N(c4ccc(C(C)(C)C)cc4)n4c(C)cc5ccccc54)c4ccc1c2c43. The number of para-hydroxylation sites is 4. The van der Waals surface area contributed by atoms with Crippen LogP contribution in [0.4, 0.5) is 45.5 Å². The molecule has 8 heteroatoms. The summed E-state index contributed by atoms with van der Waals surface area (Å²) >= 11 is 0. The van der Waals surface area contributed by atoms with E-state index in [1.54, 1.807) is 0 Å². The molecule has 8 nitrogen and oxygen atoms in total. The Labute approximate surface area is 589 Å². The molecule has 0 fully saturated rings. The van der Waals surface area contributed by atoms with E-state index in [-0.39, 0.29) is 21.7 Å². The molecule has 16 aromatic rings. The van der Waals surface area contributed by atoms with Crippen LogP contribution in [0.2, 0.25) is 0 Å². The van der Waals surface area contributed by atoms with Gasteiger partial charge in [0, 0.05) is 76.6 Å². The molecular weight excluding hydrogens is 1220 g/mol. The Morgan fingerprint density at radius 3 is 0.600 bits per heavy atom. The van der Waals surface area contributed by atoms with Gasteiger partial charge < -0.3 is 0 Å². The summed E-state index contributed by atoms with van der Waals surface area (Å²) in [6.45, 7) is 36.7. The Bertz CT molecular complexity index is 5090. The average Bonchev–Trinajstić information content (AvgIpc) is 0.812. The number of nitrogens with zero attached hydrogens (tertiary/aromatic N) is 8. The second-order valence-corrected chi connectivity index (χ2v) is 32.0. The molecule has 4 aromatic heterocycles. The first-order chi connectivity index (χ1) is 47.8. The van der Waals surface area contributed by atoms with E-state index >= 15 is 0 Å². The van der Waals surface area contributed by atoms with Crippen molar-refractivity contribution in [3.8, 4) is 0 Å². The lowest BCUT2D eigenvalue weighted by atomic mass is 9.87. The summed E-state index contributed by atoms with van der Waals surface area (Å²) < 4.78 is 9.83. The van der Waals surface area contributed by atoms with Crippen LogP contribution in [0, 0.1) is 27.7 Å². The normalized spacial score (nSPS) is 12.6. The zero-order valence-corrected chi connectivity index (χ0v) is 60.8. The molecule has 0 aliphatic rings. The monoisotopic (exact) mass is 1310 g/mol. The third kappa shape index (κ3) is 10.6. The Hall–Kier alpha value is -11.0. The lowest BCUT2D eigenvalue weighted by molar-refractivity contribution is 0.590. The minimum atomic E-state index is -0.0720. The van der Waals surface area contributed by atoms with E-state index in [4.69, 9.17) is 0 Å². The summed E-state index contributed by atoms with van der Waals surface area (Å²) in [4.78, 5) is 0. The van der Waals surface area contributed by atoms with Crippen molar-refractivity contribution in [1.82, 2.24) is 18.7 Å². The molecule has 0 aliphatic heterocycles. The second kappa shape index (κ2) is 23.3. The molecule has 0 saturated heterocycles. The molecule has 0 spiro atoms. The van der Waals surface area contributed by atoms with Crippen molar-refractivity contribution in [2.24, 2.45) is 0 Å². The van der Waals surface area contributed by atoms with Gasteiger partial charge >= 0.3 is 0 Å². The smallest absolute Gasteiger partial charge is 0.0737 e. The highest BCUT2D eigenvalue weighted by molar-refractivity contribution is 6.32. The van der Waals surface area contributed by atoms with Gasteiger partial charge in [-0.3, -0.25) is 18.7 Å². The minimum absolute atomic E-state index is 0.0720. The molecule has 0 N–H and O–H groups in total. The molecule has 0 bridgehead atoms. The van der Waals surface area contributed by atoms with Crippen molar-refractivity contribution in [2.45, 2.75) is 132 Å². The van der Waals surface area contributed by atoms with Crippen molar-refractivity contribution < 1.29 is 0 Å². The van der Waals surface area contributed by atoms with Crippen molar-refractivity contribution in [2.75, 3.05) is 20.0 Å². The first kappa shape index (κ1) is 63.8. The second-order valence-electron chi connectivity index (χ2n) is 32.0. The Morgan fingerprint density at radius 1 is 0.220 bits per heavy atom. The first-order valence-electron chi connectivity index (χ1n) is 35.5. The summed E-state index contributed by atoms with van der Waals surface area (Å²) in [6.07, 6.45) is 0. The van der Waals surface area contributed by atoms with E-state index in [9.17, 15) is 0 Å². The number of rotatable bonds is 12. The maximum atomic E-state index is 2.51. The maximum Gasteiger partial charge on any atom is 0.0737 e. The molecule has 0 unspecified atom stereocenters. The zero-order chi connectivity index (χ0) is 69.6. The number of aromatic nitrogens is 4. The largest absolute Gasteiger partial charge is 0.253 e. The Kier molecular flexibility index (Phi) is 14.9. The highest BCUT2D eigenvalue weighted by Gasteiger charge is 2.33. The average molecular weight is 1310 g/mol. The molecule has 12 aromatic carbocycles. The molecule has 0 atom stereocenters. The first-order valence-corrected chi connectivity index (χ1v) is 35.5. The molecular formula is C92H90N8. The van der Waals surface area contributed by atoms with Gasteiger partial charge in [0.05, 0.1) is 67.6 Å². The fourth-order valence-corrected chi connectivity index (χ4v) is 15.7. The summed E-state index contributed by atoms with van der Waals surface area (Å²) in [5.41, 5.74) is 22.0. The predicted octanol–water partition coefficient (Wildman–Crippen LogP) is 25.2. The zero-order valence-electron chi connectivity index (χ0n) is 60.8. The molecule has 16 rings (SSSR count). The van der Waals surface area contributed by atoms with Crippen LogP contribution in [-0.2, 0) is 21.7 Å². The van der Waals surface area contributed by atoms with E-state index in [1.807, 2.05) is 0 Å². The highest BCUT2D eigenvalue weighted by Crippen LogP contribution is 2.54. The summed E-state index contributed by atoms with van der Waals surface area (Å²) in [5, 5.41) is 21.5. The Morgan fingerprint density at radius 2 is 0.410 bits per heavy atom. The lowest BCUT2D eigenvalue weighted by Gasteiger charge is -2.36. The van der Waals surface area contributed by atoms with Gasteiger partial charge in [-0.2, -0.15) is 0 Å². The van der Waals surface area contributed by atoms with E-state index < -0.39 is 0 Å². The number of anilines is 8. The minimum Gasteiger partial charge on any atom is -0.253 e. The van der Waals surface area contributed by atoms with Gasteiger partial charge in [0.25, 0.3) is 0 Å². The van der Waals surface area contributed by atoms with Crippen LogP contribution in [0.1, 0.15) is 128 Å². The van der Waals surface area contributed by atoms with Gasteiger partial charge in [-0.15, -0.1) is 0 Å². The Balaban J connectivity index is 1.13. The number of aryl methyl sites for hydroxylation is 4. The number of hydrogen-bond acceptors (Lipinski definition) is 4. The molecule has 0 radical (unpaired) electrons. The number of fused-ring (bicyclic) bond motifs is 4. The van der Waals surface area contributed by atoms with E-state index in [2.05, 4.69) is 404 Å². The molecule has 498 valence electrons. The van der Waals surface area contributed by atoms with Gasteiger partial charge in [-0.25, -0.2) is 20.0 Å². The number of hydrogen-bond donors (Lipinski definition) is 0. The molecule has 0 aliphatic carbocycles. The van der Waals surface area contributed by atoms with Gasteiger partial charge in [0.15, 0.2) is 0 Å². The summed E-state index contributed by atoms with van der Waals surface area (Å²) in [6, 6.07) is 97.0. The molecule has 0 amide bonds. The summed E-state index contributed by atoms with van der Waals surface area (Å²) in [7, 11) is 0. The van der Waals surface area contributed by atoms with Crippen LogP contribution >= 0.6 is 0 Å². The van der Waals surface area contributed by atoms with Crippen LogP contribution < -0.4 is 20.0 Å². The van der Waals surface area contributed by atoms with Crippen molar-refractivity contribution in [3.05, 3.63) is 300 Å². The predicted molar refractivity (Wildman–Crippen MR) is 428 cm³/mol. The van der Waals surface area contributed by atoms with Crippen LogP contribution in [0.25, 0.3) is 75.9 Å². The van der Waals surface area contributed by atoms with Crippen LogP contribution in [0.15, 0.2) is 255 Å². The van der Waals surface area contributed by atoms with E-state index in [0.29, 0.717) is 0 Å². The van der Waals surface area contributed by atoms with Crippen LogP contribution in [0.5, 0.6) is 0 Å². The third-order valence-corrected chi connectivity index (χ3v) is 20.9. The highest BCUT2D eigenvalue weighted by atomic mass is 15.6. The van der Waals surface area contributed by atoms with Crippen molar-refractivity contribution in [3.63, 3.8) is 0 Å². The van der Waals surface area contributed by atoms with Gasteiger partial charge in [-0.05, 0) is 181 Å². The standard InChI is InChI=1S/C92H90N8/c1-59-53-63-25-17-21-29-79(63)93(59)97(71-41-33-67(34-42-71)89(5,6)7)83-57-84(98(72-43-35-68(36-44-72)90(8,9)10)94-60(2)54-64-26-18-22-30-80(64)94)76-51-52-78-86(100(74-47-39-70(40-48-74)92(14,15)16)96-62(4)56-66-28-20-24-32-82(66)96)58-85(77-50-49-75(83)87(76)88(77)78)99(73-45-37-69(38-46-73)91(11,12)13)95-61(3)55-65-27-19-23-31-81(65)95/h17-58H,1-16H3. The van der Waals surface area contributed by atoms with Gasteiger partial charge in [0.1, 0.15) is 0 Å². The molecule has 100 heavy (non-hydrogen) atoms. The number of benzene rings is 12. The van der Waals surface area contributed by atoms with Crippen molar-refractivity contribution >= 4 is 121 Å². The fraction of sp³-hybridized carbons (Fsp3) is 0.217. The van der Waals surface area contributed by atoms with Gasteiger partial charge in [0.2, 0.25) is 0 Å². The summed E-state index contributed by atoms with van der Waals surface area (Å²) in [5.74, 6) is 0. The lowest BCUT2D eigenvalue weighted by Crippen LogP contribution is -2.29. The third-order valence-electron chi connectivity index (χ3n) is 20.9. The quantitative estimate of drug-likeness (QED) is 0.114. The van der Waals surface area contributed by atoms with Crippen molar-refractivity contribution in [1.29, 1.82) is 0 Å². The maximum absolute atomic E-state index is 2.51. The van der Waals surface area contributed by atoms with Crippen LogP contribution in [-0.4, -0.2) is 18.7 Å². The molecule has 4 heterocycles. The topological polar surface area (TPSA) is 32.7 Å². The van der Waals surface area contributed by atoms with E-state index in [0.717, 1.165) is 123 Å². The fourth-order valence-electron chi connectivity index (χ4n) is 15.7. The van der Waals surface area contributed by atoms with Crippen LogP contribution in [0.3, 0.4) is 0 Å².